The summed E-state index contributed by atoms with van der Waals surface area (Å²) in [5, 5.41) is 4.64. The second-order valence-corrected chi connectivity index (χ2v) is 4.79. The van der Waals surface area contributed by atoms with Gasteiger partial charge in [0.15, 0.2) is 5.16 Å². The summed E-state index contributed by atoms with van der Waals surface area (Å²) in [6.07, 6.45) is 3.41. The van der Waals surface area contributed by atoms with Crippen LogP contribution in [0.3, 0.4) is 0 Å². The summed E-state index contributed by atoms with van der Waals surface area (Å²) in [6, 6.07) is 11.6. The Bertz CT molecular complexity index is 684. The van der Waals surface area contributed by atoms with Crippen molar-refractivity contribution in [1.29, 1.82) is 0 Å². The monoisotopic (exact) mass is 285 g/mol. The van der Waals surface area contributed by atoms with E-state index in [2.05, 4.69) is 25.5 Å². The van der Waals surface area contributed by atoms with Crippen molar-refractivity contribution in [3.8, 4) is 5.95 Å². The quantitative estimate of drug-likeness (QED) is 0.554. The summed E-state index contributed by atoms with van der Waals surface area (Å²) in [7, 11) is 0. The molecule has 3 N–H and O–H groups in total. The zero-order valence-electron chi connectivity index (χ0n) is 10.3. The van der Waals surface area contributed by atoms with Crippen LogP contribution in [-0.2, 0) is 0 Å². The molecule has 0 amide bonds. The number of hydrogen-bond acceptors (Lipinski definition) is 7. The Morgan fingerprint density at radius 3 is 2.60 bits per heavy atom. The van der Waals surface area contributed by atoms with Crippen molar-refractivity contribution < 1.29 is 0 Å². The number of nitrogen functional groups attached to an aromatic ring is 1. The molecular formula is C12H11N7S. The minimum atomic E-state index is 0.295. The van der Waals surface area contributed by atoms with Crippen LogP contribution in [-0.4, -0.2) is 24.7 Å². The highest BCUT2D eigenvalue weighted by atomic mass is 32.2. The molecule has 3 aromatic rings. The SMILES string of the molecule is NNc1nc(Sc2ccccc2)nc(-n2cccn2)n1. The lowest BCUT2D eigenvalue weighted by Crippen LogP contribution is -2.14. The van der Waals surface area contributed by atoms with Gasteiger partial charge < -0.3 is 0 Å². The average molecular weight is 285 g/mol. The Morgan fingerprint density at radius 2 is 1.90 bits per heavy atom. The molecule has 0 unspecified atom stereocenters. The van der Waals surface area contributed by atoms with Gasteiger partial charge in [0.05, 0.1) is 0 Å². The van der Waals surface area contributed by atoms with E-state index in [-0.39, 0.29) is 0 Å². The normalized spacial score (nSPS) is 10.4. The lowest BCUT2D eigenvalue weighted by Gasteiger charge is -2.06. The van der Waals surface area contributed by atoms with Crippen molar-refractivity contribution in [2.75, 3.05) is 5.43 Å². The van der Waals surface area contributed by atoms with Crippen molar-refractivity contribution in [2.24, 2.45) is 5.84 Å². The fraction of sp³-hybridized carbons (Fsp3) is 0. The minimum Gasteiger partial charge on any atom is -0.292 e. The van der Waals surface area contributed by atoms with Gasteiger partial charge in [-0.2, -0.15) is 20.1 Å². The molecule has 0 atom stereocenters. The molecule has 0 fully saturated rings. The Morgan fingerprint density at radius 1 is 1.05 bits per heavy atom. The molecule has 7 nitrogen and oxygen atoms in total. The first-order valence-electron chi connectivity index (χ1n) is 5.81. The number of hydrogen-bond donors (Lipinski definition) is 2. The molecule has 0 saturated heterocycles. The molecular weight excluding hydrogens is 274 g/mol. The van der Waals surface area contributed by atoms with Gasteiger partial charge in [-0.15, -0.1) is 0 Å². The number of nitrogens with two attached hydrogens (primary N) is 1. The molecule has 2 heterocycles. The van der Waals surface area contributed by atoms with Crippen LogP contribution in [0.5, 0.6) is 0 Å². The van der Waals surface area contributed by atoms with Crippen LogP contribution in [0.4, 0.5) is 5.95 Å². The molecule has 0 aliphatic heterocycles. The summed E-state index contributed by atoms with van der Waals surface area (Å²) in [5.74, 6) is 6.10. The third-order valence-corrected chi connectivity index (χ3v) is 3.27. The van der Waals surface area contributed by atoms with Gasteiger partial charge in [0.1, 0.15) is 0 Å². The van der Waals surface area contributed by atoms with E-state index >= 15 is 0 Å². The van der Waals surface area contributed by atoms with E-state index < -0.39 is 0 Å². The predicted octanol–water partition coefficient (Wildman–Crippen LogP) is 1.49. The maximum Gasteiger partial charge on any atom is 0.256 e. The van der Waals surface area contributed by atoms with Crippen molar-refractivity contribution >= 4 is 17.7 Å². The highest BCUT2D eigenvalue weighted by Crippen LogP contribution is 2.24. The van der Waals surface area contributed by atoms with Crippen LogP contribution in [0.2, 0.25) is 0 Å². The summed E-state index contributed by atoms with van der Waals surface area (Å²) in [5.41, 5.74) is 2.44. The Balaban J connectivity index is 1.96. The molecule has 0 saturated carbocycles. The first kappa shape index (κ1) is 12.6. The smallest absolute Gasteiger partial charge is 0.256 e. The summed E-state index contributed by atoms with van der Waals surface area (Å²) in [6.45, 7) is 0. The largest absolute Gasteiger partial charge is 0.292 e. The number of nitrogens with zero attached hydrogens (tertiary/aromatic N) is 5. The van der Waals surface area contributed by atoms with Gasteiger partial charge in [-0.3, -0.25) is 5.43 Å². The molecule has 20 heavy (non-hydrogen) atoms. The summed E-state index contributed by atoms with van der Waals surface area (Å²) < 4.78 is 1.55. The lowest BCUT2D eigenvalue weighted by atomic mass is 10.4. The fourth-order valence-electron chi connectivity index (χ4n) is 1.54. The van der Waals surface area contributed by atoms with E-state index in [9.17, 15) is 0 Å². The van der Waals surface area contributed by atoms with Gasteiger partial charge in [-0.1, -0.05) is 18.2 Å². The number of nitrogens with one attached hydrogen (secondary N) is 1. The summed E-state index contributed by atoms with van der Waals surface area (Å²) >= 11 is 1.43. The predicted molar refractivity (Wildman–Crippen MR) is 75.3 cm³/mol. The number of aromatic nitrogens is 5. The van der Waals surface area contributed by atoms with Crippen LogP contribution in [0, 0.1) is 0 Å². The number of rotatable bonds is 4. The Kier molecular flexibility index (Phi) is 3.57. The first-order chi connectivity index (χ1) is 9.85. The van der Waals surface area contributed by atoms with Crippen LogP contribution in [0.1, 0.15) is 0 Å². The van der Waals surface area contributed by atoms with Crippen LogP contribution < -0.4 is 11.3 Å². The molecule has 0 aliphatic rings. The maximum absolute atomic E-state index is 5.39. The summed E-state index contributed by atoms with van der Waals surface area (Å²) in [4.78, 5) is 13.8. The van der Waals surface area contributed by atoms with E-state index in [1.807, 2.05) is 30.3 Å². The molecule has 1 aromatic carbocycles. The number of hydrazine groups is 1. The van der Waals surface area contributed by atoms with Crippen molar-refractivity contribution in [2.45, 2.75) is 10.1 Å². The lowest BCUT2D eigenvalue weighted by molar-refractivity contribution is 0.760. The van der Waals surface area contributed by atoms with Gasteiger partial charge in [-0.05, 0) is 30.0 Å². The van der Waals surface area contributed by atoms with Gasteiger partial charge in [-0.25, -0.2) is 10.5 Å². The van der Waals surface area contributed by atoms with E-state index in [1.54, 1.807) is 23.1 Å². The van der Waals surface area contributed by atoms with Crippen molar-refractivity contribution in [3.63, 3.8) is 0 Å². The molecule has 2 aromatic heterocycles. The zero-order valence-corrected chi connectivity index (χ0v) is 11.2. The van der Waals surface area contributed by atoms with Gasteiger partial charge in [0.25, 0.3) is 5.95 Å². The minimum absolute atomic E-state index is 0.295. The van der Waals surface area contributed by atoms with Gasteiger partial charge in [0, 0.05) is 17.3 Å². The van der Waals surface area contributed by atoms with Crippen molar-refractivity contribution in [3.05, 3.63) is 48.8 Å². The molecule has 100 valence electrons. The number of anilines is 1. The van der Waals surface area contributed by atoms with Crippen LogP contribution in [0.15, 0.2) is 58.8 Å². The second-order valence-electron chi connectivity index (χ2n) is 3.75. The van der Waals surface area contributed by atoms with E-state index in [1.165, 1.54) is 11.8 Å². The van der Waals surface area contributed by atoms with Gasteiger partial charge >= 0.3 is 0 Å². The van der Waals surface area contributed by atoms with Crippen LogP contribution in [0.25, 0.3) is 5.95 Å². The third-order valence-electron chi connectivity index (χ3n) is 2.39. The van der Waals surface area contributed by atoms with Crippen LogP contribution >= 0.6 is 11.8 Å². The highest BCUT2D eigenvalue weighted by molar-refractivity contribution is 7.99. The van der Waals surface area contributed by atoms with E-state index in [0.29, 0.717) is 17.1 Å². The standard InChI is InChI=1S/C12H11N7S/c13-18-10-15-11(19-8-4-7-14-19)17-12(16-10)20-9-5-2-1-3-6-9/h1-8H,13H2,(H,15,16,17,18). The molecule has 0 spiro atoms. The molecule has 0 radical (unpaired) electrons. The maximum atomic E-state index is 5.39. The highest BCUT2D eigenvalue weighted by Gasteiger charge is 2.09. The fourth-order valence-corrected chi connectivity index (χ4v) is 2.30. The van der Waals surface area contributed by atoms with Gasteiger partial charge in [0.2, 0.25) is 5.95 Å². The molecule has 0 bridgehead atoms. The van der Waals surface area contributed by atoms with E-state index in [4.69, 9.17) is 5.84 Å². The Labute approximate surface area is 119 Å². The molecule has 0 aliphatic carbocycles. The zero-order chi connectivity index (χ0) is 13.8. The topological polar surface area (TPSA) is 94.5 Å². The first-order valence-corrected chi connectivity index (χ1v) is 6.62. The molecule has 3 rings (SSSR count). The van der Waals surface area contributed by atoms with Crippen molar-refractivity contribution in [1.82, 2.24) is 24.7 Å². The number of benzene rings is 1. The Hall–Kier alpha value is -2.45. The average Bonchev–Trinajstić information content (AvgIpc) is 3.02. The molecule has 8 heteroatoms. The third kappa shape index (κ3) is 2.76. The van der Waals surface area contributed by atoms with E-state index in [0.717, 1.165) is 4.90 Å². The second kappa shape index (κ2) is 5.68.